The summed E-state index contributed by atoms with van der Waals surface area (Å²) in [6, 6.07) is 8.84. The number of nitrogens with zero attached hydrogens (tertiary/aromatic N) is 1. The van der Waals surface area contributed by atoms with Gasteiger partial charge in [-0.1, -0.05) is 44.5 Å². The summed E-state index contributed by atoms with van der Waals surface area (Å²) < 4.78 is 0. The van der Waals surface area contributed by atoms with Crippen LogP contribution >= 0.6 is 11.8 Å². The molecule has 0 N–H and O–H groups in total. The van der Waals surface area contributed by atoms with Crippen molar-refractivity contribution in [3.8, 4) is 0 Å². The molecule has 1 aromatic carbocycles. The Labute approximate surface area is 125 Å². The minimum atomic E-state index is 0.240. The number of amides is 1. The van der Waals surface area contributed by atoms with Gasteiger partial charge in [-0.15, -0.1) is 11.8 Å². The van der Waals surface area contributed by atoms with Gasteiger partial charge in [-0.2, -0.15) is 0 Å². The number of thioether (sulfide) groups is 1. The number of rotatable bonds is 3. The Morgan fingerprint density at radius 3 is 2.50 bits per heavy atom. The van der Waals surface area contributed by atoms with Gasteiger partial charge >= 0.3 is 0 Å². The van der Waals surface area contributed by atoms with Crippen molar-refractivity contribution >= 4 is 17.7 Å². The number of carbonyl (C=O) groups excluding carboxylic acids is 1. The largest absolute Gasteiger partial charge is 0.325 e. The third-order valence-electron chi connectivity index (χ3n) is 4.52. The molecule has 0 bridgehead atoms. The van der Waals surface area contributed by atoms with Gasteiger partial charge in [0, 0.05) is 18.2 Å². The van der Waals surface area contributed by atoms with Crippen molar-refractivity contribution < 1.29 is 4.79 Å². The van der Waals surface area contributed by atoms with E-state index in [1.54, 1.807) is 0 Å². The maximum Gasteiger partial charge on any atom is 0.226 e. The summed E-state index contributed by atoms with van der Waals surface area (Å²) in [6.07, 6.45) is 3.42. The van der Waals surface area contributed by atoms with Crippen LogP contribution in [-0.4, -0.2) is 23.1 Å². The molecule has 1 unspecified atom stereocenters. The molecule has 0 aromatic heterocycles. The molecule has 2 fully saturated rings. The molecule has 1 saturated heterocycles. The summed E-state index contributed by atoms with van der Waals surface area (Å²) in [5, 5.41) is 0.240. The van der Waals surface area contributed by atoms with Gasteiger partial charge in [0.25, 0.3) is 0 Å². The molecular formula is C17H23NOS. The highest BCUT2D eigenvalue weighted by atomic mass is 32.2. The number of benzene rings is 1. The van der Waals surface area contributed by atoms with Gasteiger partial charge in [0.15, 0.2) is 0 Å². The van der Waals surface area contributed by atoms with Gasteiger partial charge < -0.3 is 4.90 Å². The molecule has 3 heteroatoms. The molecule has 1 aliphatic heterocycles. The van der Waals surface area contributed by atoms with Gasteiger partial charge in [-0.25, -0.2) is 0 Å². The van der Waals surface area contributed by atoms with Crippen LogP contribution in [0, 0.1) is 5.92 Å². The van der Waals surface area contributed by atoms with Crippen molar-refractivity contribution in [2.75, 3.05) is 12.3 Å². The lowest BCUT2D eigenvalue weighted by Crippen LogP contribution is -2.38. The molecule has 2 aliphatic rings. The summed E-state index contributed by atoms with van der Waals surface area (Å²) in [6.45, 7) is 5.34. The number of hydrogen-bond donors (Lipinski definition) is 0. The van der Waals surface area contributed by atoms with E-state index in [9.17, 15) is 4.79 Å². The van der Waals surface area contributed by atoms with Gasteiger partial charge in [0.05, 0.1) is 0 Å². The van der Waals surface area contributed by atoms with Crippen LogP contribution in [-0.2, 0) is 4.79 Å². The van der Waals surface area contributed by atoms with Gasteiger partial charge in [0.1, 0.15) is 5.37 Å². The molecule has 108 valence electrons. The maximum atomic E-state index is 12.5. The molecular weight excluding hydrogens is 266 g/mol. The van der Waals surface area contributed by atoms with E-state index in [-0.39, 0.29) is 5.37 Å². The standard InChI is InChI=1S/C17H23NOS/c1-12(2)13-6-8-15(9-7-13)17-18(10-11-20-17)16(19)14-4-3-5-14/h6-9,12,14,17H,3-5,10-11H2,1-2H3. The van der Waals surface area contributed by atoms with Gasteiger partial charge in [0.2, 0.25) is 5.91 Å². The molecule has 20 heavy (non-hydrogen) atoms. The Morgan fingerprint density at radius 1 is 1.25 bits per heavy atom. The maximum absolute atomic E-state index is 12.5. The average Bonchev–Trinajstić information content (AvgIpc) is 2.85. The summed E-state index contributed by atoms with van der Waals surface area (Å²) >= 11 is 1.90. The Morgan fingerprint density at radius 2 is 1.95 bits per heavy atom. The van der Waals surface area contributed by atoms with Crippen LogP contribution in [0.4, 0.5) is 0 Å². The lowest BCUT2D eigenvalue weighted by molar-refractivity contribution is -0.138. The highest BCUT2D eigenvalue weighted by molar-refractivity contribution is 7.99. The van der Waals surface area contributed by atoms with Crippen molar-refractivity contribution in [3.05, 3.63) is 35.4 Å². The van der Waals surface area contributed by atoms with Crippen LogP contribution in [0.2, 0.25) is 0 Å². The lowest BCUT2D eigenvalue weighted by Gasteiger charge is -2.32. The molecule has 0 spiro atoms. The molecule has 1 atom stereocenters. The highest BCUT2D eigenvalue weighted by Crippen LogP contribution is 2.41. The van der Waals surface area contributed by atoms with Crippen LogP contribution in [0.25, 0.3) is 0 Å². The molecule has 1 heterocycles. The molecule has 0 radical (unpaired) electrons. The van der Waals surface area contributed by atoms with Crippen LogP contribution in [0.3, 0.4) is 0 Å². The van der Waals surface area contributed by atoms with Crippen molar-refractivity contribution in [1.82, 2.24) is 4.90 Å². The monoisotopic (exact) mass is 289 g/mol. The quantitative estimate of drug-likeness (QED) is 0.832. The van der Waals surface area contributed by atoms with Crippen molar-refractivity contribution in [2.45, 2.75) is 44.4 Å². The Hall–Kier alpha value is -0.960. The molecule has 2 nitrogen and oxygen atoms in total. The minimum Gasteiger partial charge on any atom is -0.325 e. The lowest BCUT2D eigenvalue weighted by atomic mass is 9.84. The zero-order valence-electron chi connectivity index (χ0n) is 12.3. The van der Waals surface area contributed by atoms with Crippen LogP contribution < -0.4 is 0 Å². The zero-order chi connectivity index (χ0) is 14.1. The molecule has 1 saturated carbocycles. The van der Waals surface area contributed by atoms with E-state index in [1.165, 1.54) is 17.5 Å². The molecule has 1 aromatic rings. The molecule has 1 amide bonds. The fourth-order valence-electron chi connectivity index (χ4n) is 2.91. The van der Waals surface area contributed by atoms with E-state index in [0.29, 0.717) is 17.7 Å². The Kier molecular flexibility index (Phi) is 4.06. The molecule has 1 aliphatic carbocycles. The SMILES string of the molecule is CC(C)c1ccc(C2SCCN2C(=O)C2CCC2)cc1. The van der Waals surface area contributed by atoms with E-state index >= 15 is 0 Å². The summed E-state index contributed by atoms with van der Waals surface area (Å²) in [5.41, 5.74) is 2.65. The van der Waals surface area contributed by atoms with Gasteiger partial charge in [-0.3, -0.25) is 4.79 Å². The smallest absolute Gasteiger partial charge is 0.226 e. The van der Waals surface area contributed by atoms with Crippen molar-refractivity contribution in [2.24, 2.45) is 5.92 Å². The van der Waals surface area contributed by atoms with Crippen LogP contribution in [0.15, 0.2) is 24.3 Å². The highest BCUT2D eigenvalue weighted by Gasteiger charge is 2.36. The van der Waals surface area contributed by atoms with E-state index < -0.39 is 0 Å². The normalized spacial score (nSPS) is 23.1. The first-order valence-corrected chi connectivity index (χ1v) is 8.73. The summed E-state index contributed by atoms with van der Waals surface area (Å²) in [4.78, 5) is 14.6. The van der Waals surface area contributed by atoms with Crippen molar-refractivity contribution in [1.29, 1.82) is 0 Å². The number of carbonyl (C=O) groups is 1. The zero-order valence-corrected chi connectivity index (χ0v) is 13.2. The summed E-state index contributed by atoms with van der Waals surface area (Å²) in [7, 11) is 0. The van der Waals surface area contributed by atoms with E-state index in [2.05, 4.69) is 43.0 Å². The third-order valence-corrected chi connectivity index (χ3v) is 5.78. The first-order chi connectivity index (χ1) is 9.66. The average molecular weight is 289 g/mol. The van der Waals surface area contributed by atoms with Crippen molar-refractivity contribution in [3.63, 3.8) is 0 Å². The second-order valence-electron chi connectivity index (χ2n) is 6.20. The number of hydrogen-bond acceptors (Lipinski definition) is 2. The third kappa shape index (κ3) is 2.60. The van der Waals surface area contributed by atoms with E-state index in [1.807, 2.05) is 11.8 Å². The Balaban J connectivity index is 1.75. The second-order valence-corrected chi connectivity index (χ2v) is 7.39. The fraction of sp³-hybridized carbons (Fsp3) is 0.588. The Bertz CT molecular complexity index is 478. The van der Waals surface area contributed by atoms with Crippen LogP contribution in [0.5, 0.6) is 0 Å². The first-order valence-electron chi connectivity index (χ1n) is 7.69. The summed E-state index contributed by atoms with van der Waals surface area (Å²) in [5.74, 6) is 2.33. The van der Waals surface area contributed by atoms with E-state index in [4.69, 9.17) is 0 Å². The van der Waals surface area contributed by atoms with Crippen LogP contribution in [0.1, 0.15) is 55.5 Å². The fourth-order valence-corrected chi connectivity index (χ4v) is 4.17. The second kappa shape index (κ2) is 5.80. The predicted octanol–water partition coefficient (Wildman–Crippen LogP) is 4.18. The first kappa shape index (κ1) is 14.0. The van der Waals surface area contributed by atoms with E-state index in [0.717, 1.165) is 25.1 Å². The van der Waals surface area contributed by atoms with Gasteiger partial charge in [-0.05, 0) is 29.9 Å². The minimum absolute atomic E-state index is 0.240. The molecule has 3 rings (SSSR count). The predicted molar refractivity (Wildman–Crippen MR) is 84.8 cm³/mol. The topological polar surface area (TPSA) is 20.3 Å².